The van der Waals surface area contributed by atoms with E-state index in [2.05, 4.69) is 10.0 Å². The number of carbonyl (C=O) groups excluding carboxylic acids is 1. The van der Waals surface area contributed by atoms with Crippen molar-refractivity contribution in [3.05, 3.63) is 48.0 Å². The Hall–Kier alpha value is -2.17. The first-order valence-electron chi connectivity index (χ1n) is 7.25. The first-order chi connectivity index (χ1) is 12.3. The molecule has 0 spiro atoms. The van der Waals surface area contributed by atoms with Crippen molar-refractivity contribution < 1.29 is 26.7 Å². The van der Waals surface area contributed by atoms with Crippen LogP contribution < -0.4 is 14.8 Å². The van der Waals surface area contributed by atoms with Gasteiger partial charge in [0.05, 0.1) is 12.8 Å². The van der Waals surface area contributed by atoms with Crippen LogP contribution in [-0.4, -0.2) is 34.2 Å². The third kappa shape index (κ3) is 4.71. The van der Waals surface area contributed by atoms with Crippen molar-refractivity contribution in [3.8, 4) is 5.75 Å². The smallest absolute Gasteiger partial charge is 0.288 e. The molecule has 26 heavy (non-hydrogen) atoms. The van der Waals surface area contributed by atoms with Crippen molar-refractivity contribution in [2.24, 2.45) is 0 Å². The molecule has 0 heterocycles. The van der Waals surface area contributed by atoms with Gasteiger partial charge in [0, 0.05) is 10.5 Å². The van der Waals surface area contributed by atoms with E-state index in [0.717, 1.165) is 6.07 Å². The number of hydrogen-bond acceptors (Lipinski definition) is 5. The highest BCUT2D eigenvalue weighted by Crippen LogP contribution is 2.32. The lowest BCUT2D eigenvalue weighted by molar-refractivity contribution is 0.102. The highest BCUT2D eigenvalue weighted by molar-refractivity contribution is 7.99. The second-order valence-electron chi connectivity index (χ2n) is 4.90. The maximum absolute atomic E-state index is 12.6. The Kier molecular flexibility index (Phi) is 6.57. The van der Waals surface area contributed by atoms with E-state index in [1.807, 2.05) is 0 Å². The van der Waals surface area contributed by atoms with Crippen LogP contribution in [0.2, 0.25) is 0 Å². The summed E-state index contributed by atoms with van der Waals surface area (Å²) in [5.74, 6) is -3.20. The van der Waals surface area contributed by atoms with Crippen LogP contribution in [0.15, 0.2) is 52.3 Å². The molecule has 0 bridgehead atoms. The zero-order valence-corrected chi connectivity index (χ0v) is 15.5. The number of rotatable bonds is 7. The van der Waals surface area contributed by atoms with E-state index in [0.29, 0.717) is 11.8 Å². The Morgan fingerprint density at radius 1 is 1.19 bits per heavy atom. The Bertz CT molecular complexity index is 905. The third-order valence-electron chi connectivity index (χ3n) is 3.34. The van der Waals surface area contributed by atoms with Crippen molar-refractivity contribution in [2.45, 2.75) is 15.5 Å². The summed E-state index contributed by atoms with van der Waals surface area (Å²) in [5, 5.41) is 2.52. The van der Waals surface area contributed by atoms with Gasteiger partial charge in [0.1, 0.15) is 10.6 Å². The van der Waals surface area contributed by atoms with Crippen LogP contribution in [0.4, 0.5) is 14.5 Å². The number of alkyl halides is 2. The summed E-state index contributed by atoms with van der Waals surface area (Å²) in [5.41, 5.74) is 0.244. The Morgan fingerprint density at radius 2 is 1.88 bits per heavy atom. The van der Waals surface area contributed by atoms with Crippen LogP contribution in [0.25, 0.3) is 0 Å². The first kappa shape index (κ1) is 20.1. The SMILES string of the molecule is CNS(=O)(=O)c1cc(C(=O)Nc2ccccc2SC(F)F)ccc1OC. The summed E-state index contributed by atoms with van der Waals surface area (Å²) in [4.78, 5) is 12.5. The minimum atomic E-state index is -3.85. The molecule has 0 radical (unpaired) electrons. The lowest BCUT2D eigenvalue weighted by atomic mass is 10.2. The average molecular weight is 402 g/mol. The topological polar surface area (TPSA) is 84.5 Å². The molecular weight excluding hydrogens is 386 g/mol. The lowest BCUT2D eigenvalue weighted by Crippen LogP contribution is -2.20. The van der Waals surface area contributed by atoms with E-state index < -0.39 is 21.7 Å². The van der Waals surface area contributed by atoms with Gasteiger partial charge in [-0.15, -0.1) is 0 Å². The van der Waals surface area contributed by atoms with Crippen LogP contribution in [0, 0.1) is 0 Å². The molecule has 0 atom stereocenters. The van der Waals surface area contributed by atoms with Gasteiger partial charge in [0.15, 0.2) is 0 Å². The van der Waals surface area contributed by atoms with Gasteiger partial charge in [-0.1, -0.05) is 23.9 Å². The fourth-order valence-electron chi connectivity index (χ4n) is 2.10. The van der Waals surface area contributed by atoms with Crippen LogP contribution >= 0.6 is 11.8 Å². The Morgan fingerprint density at radius 3 is 2.50 bits per heavy atom. The lowest BCUT2D eigenvalue weighted by Gasteiger charge is -2.13. The molecule has 140 valence electrons. The van der Waals surface area contributed by atoms with E-state index in [4.69, 9.17) is 4.74 Å². The maximum Gasteiger partial charge on any atom is 0.288 e. The summed E-state index contributed by atoms with van der Waals surface area (Å²) in [6, 6.07) is 9.99. The number of anilines is 1. The van der Waals surface area contributed by atoms with Crippen molar-refractivity contribution in [2.75, 3.05) is 19.5 Å². The van der Waals surface area contributed by atoms with Crippen LogP contribution in [0.3, 0.4) is 0 Å². The predicted octanol–water partition coefficient (Wildman–Crippen LogP) is 3.17. The zero-order valence-electron chi connectivity index (χ0n) is 13.8. The Balaban J connectivity index is 2.36. The molecule has 0 unspecified atom stereocenters. The van der Waals surface area contributed by atoms with Crippen molar-refractivity contribution in [3.63, 3.8) is 0 Å². The summed E-state index contributed by atoms with van der Waals surface area (Å²) >= 11 is 0.305. The quantitative estimate of drug-likeness (QED) is 0.695. The number of halogens is 2. The average Bonchev–Trinajstić information content (AvgIpc) is 2.62. The number of thioether (sulfide) groups is 1. The second kappa shape index (κ2) is 8.47. The zero-order chi connectivity index (χ0) is 19.3. The predicted molar refractivity (Wildman–Crippen MR) is 95.5 cm³/mol. The molecule has 2 N–H and O–H groups in total. The summed E-state index contributed by atoms with van der Waals surface area (Å²) in [6.07, 6.45) is 0. The molecule has 0 aromatic heterocycles. The van der Waals surface area contributed by atoms with E-state index in [-0.39, 0.29) is 26.8 Å². The van der Waals surface area contributed by atoms with Crippen LogP contribution in [0.5, 0.6) is 5.75 Å². The maximum atomic E-state index is 12.6. The minimum absolute atomic E-state index is 0.0384. The highest BCUT2D eigenvalue weighted by Gasteiger charge is 2.21. The standard InChI is InChI=1S/C16H16F2N2O4S2/c1-19-26(22,23)14-9-10(7-8-12(14)24-2)15(21)20-11-5-3-4-6-13(11)25-16(17)18/h3-9,16,19H,1-2H3,(H,20,21). The third-order valence-corrected chi connectivity index (χ3v) is 5.56. The highest BCUT2D eigenvalue weighted by atomic mass is 32.2. The van der Waals surface area contributed by atoms with Crippen molar-refractivity contribution >= 4 is 33.4 Å². The van der Waals surface area contributed by atoms with Gasteiger partial charge in [-0.3, -0.25) is 4.79 Å². The van der Waals surface area contributed by atoms with Crippen molar-refractivity contribution in [1.29, 1.82) is 0 Å². The molecule has 10 heteroatoms. The molecule has 0 saturated heterocycles. The van der Waals surface area contributed by atoms with Crippen LogP contribution in [0.1, 0.15) is 10.4 Å². The van der Waals surface area contributed by atoms with Gasteiger partial charge in [-0.05, 0) is 37.4 Å². The van der Waals surface area contributed by atoms with Gasteiger partial charge in [0.2, 0.25) is 10.0 Å². The summed E-state index contributed by atoms with van der Waals surface area (Å²) in [7, 11) is -1.31. The number of nitrogens with one attached hydrogen (secondary N) is 2. The number of benzene rings is 2. The molecule has 0 aliphatic rings. The number of amides is 1. The molecule has 2 aromatic rings. The molecule has 1 amide bonds. The number of sulfonamides is 1. The van der Waals surface area contributed by atoms with Gasteiger partial charge in [-0.25, -0.2) is 13.1 Å². The molecule has 2 aromatic carbocycles. The normalized spacial score (nSPS) is 11.4. The van der Waals surface area contributed by atoms with E-state index in [1.54, 1.807) is 12.1 Å². The van der Waals surface area contributed by atoms with E-state index in [1.165, 1.54) is 38.4 Å². The van der Waals surface area contributed by atoms with Crippen LogP contribution in [-0.2, 0) is 10.0 Å². The molecule has 0 aliphatic carbocycles. The van der Waals surface area contributed by atoms with Gasteiger partial charge >= 0.3 is 0 Å². The molecule has 6 nitrogen and oxygen atoms in total. The largest absolute Gasteiger partial charge is 0.495 e. The number of hydrogen-bond donors (Lipinski definition) is 2. The monoisotopic (exact) mass is 402 g/mol. The molecule has 0 aliphatic heterocycles. The number of methoxy groups -OCH3 is 1. The number of carbonyl (C=O) groups is 1. The summed E-state index contributed by atoms with van der Waals surface area (Å²) < 4.78 is 56.6. The molecule has 0 saturated carbocycles. The molecule has 2 rings (SSSR count). The fourth-order valence-corrected chi connectivity index (χ4v) is 3.61. The van der Waals surface area contributed by atoms with Gasteiger partial charge in [-0.2, -0.15) is 8.78 Å². The van der Waals surface area contributed by atoms with Gasteiger partial charge < -0.3 is 10.1 Å². The summed E-state index contributed by atoms with van der Waals surface area (Å²) in [6.45, 7) is 0. The van der Waals surface area contributed by atoms with Gasteiger partial charge in [0.25, 0.3) is 11.7 Å². The first-order valence-corrected chi connectivity index (χ1v) is 9.61. The second-order valence-corrected chi connectivity index (χ2v) is 7.79. The number of ether oxygens (including phenoxy) is 1. The fraction of sp³-hybridized carbons (Fsp3) is 0.188. The number of para-hydroxylation sites is 1. The van der Waals surface area contributed by atoms with E-state index >= 15 is 0 Å². The Labute approximate surface area is 154 Å². The van der Waals surface area contributed by atoms with Crippen molar-refractivity contribution in [1.82, 2.24) is 4.72 Å². The van der Waals surface area contributed by atoms with E-state index in [9.17, 15) is 22.0 Å². The minimum Gasteiger partial charge on any atom is -0.495 e. The molecular formula is C16H16F2N2O4S2. The molecule has 0 fully saturated rings.